The van der Waals surface area contributed by atoms with E-state index in [9.17, 15) is 14.7 Å². The summed E-state index contributed by atoms with van der Waals surface area (Å²) in [5, 5.41) is 10.1. The van der Waals surface area contributed by atoms with E-state index in [2.05, 4.69) is 4.90 Å². The van der Waals surface area contributed by atoms with Gasteiger partial charge in [0.1, 0.15) is 5.56 Å². The van der Waals surface area contributed by atoms with Gasteiger partial charge in [0.15, 0.2) is 18.1 Å². The maximum Gasteiger partial charge on any atom is 0.339 e. The van der Waals surface area contributed by atoms with Crippen LogP contribution in [0.25, 0.3) is 0 Å². The number of ether oxygens (including phenoxy) is 3. The summed E-state index contributed by atoms with van der Waals surface area (Å²) < 4.78 is 16.3. The van der Waals surface area contributed by atoms with Gasteiger partial charge in [0.25, 0.3) is 5.91 Å². The number of hydrogen-bond acceptors (Lipinski definition) is 6. The Hall–Kier alpha value is -2.81. The van der Waals surface area contributed by atoms with Crippen molar-refractivity contribution < 1.29 is 28.9 Å². The average Bonchev–Trinajstić information content (AvgIpc) is 2.82. The van der Waals surface area contributed by atoms with Crippen LogP contribution in [0.15, 0.2) is 42.5 Å². The van der Waals surface area contributed by atoms with Crippen LogP contribution in [0.5, 0.6) is 11.5 Å². The zero-order valence-electron chi connectivity index (χ0n) is 18.7. The van der Waals surface area contributed by atoms with Crippen molar-refractivity contribution >= 4 is 23.5 Å². The van der Waals surface area contributed by atoms with Gasteiger partial charge in [-0.05, 0) is 36.2 Å². The van der Waals surface area contributed by atoms with E-state index >= 15 is 0 Å². The number of rotatable bonds is 11. The van der Waals surface area contributed by atoms with Crippen LogP contribution in [0.1, 0.15) is 22.3 Å². The van der Waals surface area contributed by atoms with Gasteiger partial charge >= 0.3 is 5.97 Å². The zero-order chi connectivity index (χ0) is 23.6. The van der Waals surface area contributed by atoms with Crippen LogP contribution in [0, 0.1) is 0 Å². The first-order valence-electron chi connectivity index (χ1n) is 10.8. The largest absolute Gasteiger partial charge is 0.493 e. The molecule has 0 bridgehead atoms. The second-order valence-electron chi connectivity index (χ2n) is 7.68. The molecular weight excluding hydrogens is 448 g/mol. The monoisotopic (exact) mass is 476 g/mol. The fourth-order valence-corrected chi connectivity index (χ4v) is 3.89. The van der Waals surface area contributed by atoms with Crippen molar-refractivity contribution in [1.29, 1.82) is 0 Å². The van der Waals surface area contributed by atoms with Gasteiger partial charge in [0.05, 0.1) is 20.3 Å². The van der Waals surface area contributed by atoms with Gasteiger partial charge in [0.2, 0.25) is 0 Å². The number of halogens is 1. The standard InChI is InChI=1S/C24H29ClN2O6/c1-31-21-8-3-7-20(24(29)30)23(21)33-17-22(28)27(16-18-5-2-6-19(25)15-18)10-4-9-26-11-13-32-14-12-26/h2-3,5-8,15H,4,9-14,16-17H2,1H3,(H,29,30). The van der Waals surface area contributed by atoms with Gasteiger partial charge in [-0.25, -0.2) is 4.79 Å². The molecule has 0 saturated carbocycles. The summed E-state index contributed by atoms with van der Waals surface area (Å²) in [5.74, 6) is -1.11. The molecule has 1 heterocycles. The van der Waals surface area contributed by atoms with E-state index in [-0.39, 0.29) is 29.6 Å². The number of nitrogens with zero attached hydrogens (tertiary/aromatic N) is 2. The Morgan fingerprint density at radius 1 is 1.18 bits per heavy atom. The van der Waals surface area contributed by atoms with Crippen molar-refractivity contribution in [3.63, 3.8) is 0 Å². The lowest BCUT2D eigenvalue weighted by molar-refractivity contribution is -0.134. The normalized spacial score (nSPS) is 14.0. The van der Waals surface area contributed by atoms with Crippen LogP contribution in [-0.2, 0) is 16.1 Å². The fraction of sp³-hybridized carbons (Fsp3) is 0.417. The predicted molar refractivity (Wildman–Crippen MR) is 124 cm³/mol. The maximum absolute atomic E-state index is 13.1. The van der Waals surface area contributed by atoms with Crippen molar-refractivity contribution in [1.82, 2.24) is 9.80 Å². The van der Waals surface area contributed by atoms with Crippen molar-refractivity contribution in [3.8, 4) is 11.5 Å². The van der Waals surface area contributed by atoms with E-state index in [1.807, 2.05) is 18.2 Å². The van der Waals surface area contributed by atoms with Crippen molar-refractivity contribution in [3.05, 3.63) is 58.6 Å². The highest BCUT2D eigenvalue weighted by molar-refractivity contribution is 6.30. The van der Waals surface area contributed by atoms with E-state index in [1.165, 1.54) is 13.2 Å². The molecule has 33 heavy (non-hydrogen) atoms. The molecule has 0 aromatic heterocycles. The van der Waals surface area contributed by atoms with Crippen LogP contribution in [0.2, 0.25) is 5.02 Å². The second kappa shape index (κ2) is 12.4. The molecular formula is C24H29ClN2O6. The highest BCUT2D eigenvalue weighted by Gasteiger charge is 2.21. The van der Waals surface area contributed by atoms with Crippen LogP contribution in [0.4, 0.5) is 0 Å². The quantitative estimate of drug-likeness (QED) is 0.532. The molecule has 0 aliphatic carbocycles. The number of para-hydroxylation sites is 1. The molecule has 1 aliphatic heterocycles. The van der Waals surface area contributed by atoms with E-state index in [4.69, 9.17) is 25.8 Å². The van der Waals surface area contributed by atoms with Gasteiger partial charge < -0.3 is 24.2 Å². The van der Waals surface area contributed by atoms with E-state index in [0.717, 1.165) is 44.8 Å². The summed E-state index contributed by atoms with van der Waals surface area (Å²) in [6.07, 6.45) is 0.793. The summed E-state index contributed by atoms with van der Waals surface area (Å²) in [5.41, 5.74) is 0.849. The molecule has 8 nitrogen and oxygen atoms in total. The highest BCUT2D eigenvalue weighted by atomic mass is 35.5. The summed E-state index contributed by atoms with van der Waals surface area (Å²) in [7, 11) is 1.42. The molecule has 2 aromatic rings. The number of carbonyl (C=O) groups excluding carboxylic acids is 1. The molecule has 3 rings (SSSR count). The van der Waals surface area contributed by atoms with E-state index in [0.29, 0.717) is 18.1 Å². The first kappa shape index (κ1) is 24.8. The lowest BCUT2D eigenvalue weighted by Gasteiger charge is -2.28. The van der Waals surface area contributed by atoms with Crippen LogP contribution >= 0.6 is 11.6 Å². The predicted octanol–water partition coefficient (Wildman–Crippen LogP) is 3.18. The summed E-state index contributed by atoms with van der Waals surface area (Å²) in [6, 6.07) is 11.9. The number of aromatic carboxylic acids is 1. The molecule has 1 amide bonds. The minimum atomic E-state index is -1.15. The van der Waals surface area contributed by atoms with Crippen molar-refractivity contribution in [2.24, 2.45) is 0 Å². The van der Waals surface area contributed by atoms with Crippen LogP contribution in [-0.4, -0.2) is 79.9 Å². The molecule has 0 atom stereocenters. The summed E-state index contributed by atoms with van der Waals surface area (Å²) >= 11 is 6.12. The number of carboxylic acids is 1. The number of methoxy groups -OCH3 is 1. The first-order valence-corrected chi connectivity index (χ1v) is 11.2. The summed E-state index contributed by atoms with van der Waals surface area (Å²) in [6.45, 7) is 4.69. The second-order valence-corrected chi connectivity index (χ2v) is 8.12. The fourth-order valence-electron chi connectivity index (χ4n) is 3.68. The average molecular weight is 477 g/mol. The van der Waals surface area contributed by atoms with Gasteiger partial charge in [-0.1, -0.05) is 29.8 Å². The molecule has 1 N–H and O–H groups in total. The molecule has 2 aromatic carbocycles. The SMILES string of the molecule is COc1cccc(C(=O)O)c1OCC(=O)N(CCCN1CCOCC1)Cc1cccc(Cl)c1. The van der Waals surface area contributed by atoms with Crippen LogP contribution < -0.4 is 9.47 Å². The molecule has 1 fully saturated rings. The Balaban J connectivity index is 1.68. The minimum absolute atomic E-state index is 0.0388. The van der Waals surface area contributed by atoms with Gasteiger partial charge in [-0.3, -0.25) is 9.69 Å². The number of amides is 1. The molecule has 1 aliphatic rings. The first-order chi connectivity index (χ1) is 16.0. The Morgan fingerprint density at radius 2 is 1.94 bits per heavy atom. The Bertz CT molecular complexity index is 948. The Morgan fingerprint density at radius 3 is 2.64 bits per heavy atom. The molecule has 0 radical (unpaired) electrons. The number of carboxylic acid groups (broad SMARTS) is 1. The smallest absolute Gasteiger partial charge is 0.339 e. The lowest BCUT2D eigenvalue weighted by atomic mass is 10.2. The zero-order valence-corrected chi connectivity index (χ0v) is 19.4. The third-order valence-electron chi connectivity index (χ3n) is 5.39. The summed E-state index contributed by atoms with van der Waals surface area (Å²) in [4.78, 5) is 28.7. The highest BCUT2D eigenvalue weighted by Crippen LogP contribution is 2.31. The number of morpholine rings is 1. The molecule has 0 spiro atoms. The Kier molecular flexibility index (Phi) is 9.35. The maximum atomic E-state index is 13.1. The van der Waals surface area contributed by atoms with E-state index in [1.54, 1.807) is 23.1 Å². The topological polar surface area (TPSA) is 88.5 Å². The van der Waals surface area contributed by atoms with Crippen LogP contribution in [0.3, 0.4) is 0 Å². The van der Waals surface area contributed by atoms with Crippen molar-refractivity contribution in [2.45, 2.75) is 13.0 Å². The minimum Gasteiger partial charge on any atom is -0.493 e. The number of benzene rings is 2. The molecule has 9 heteroatoms. The lowest BCUT2D eigenvalue weighted by Crippen LogP contribution is -2.40. The molecule has 1 saturated heterocycles. The molecule has 0 unspecified atom stereocenters. The number of carbonyl (C=O) groups is 2. The molecule has 178 valence electrons. The third kappa shape index (κ3) is 7.35. The Labute approximate surface area is 198 Å². The third-order valence-corrected chi connectivity index (χ3v) is 5.63. The van der Waals surface area contributed by atoms with Gasteiger partial charge in [-0.2, -0.15) is 0 Å². The van der Waals surface area contributed by atoms with E-state index < -0.39 is 5.97 Å². The van der Waals surface area contributed by atoms with Gasteiger partial charge in [0, 0.05) is 37.7 Å². The van der Waals surface area contributed by atoms with Gasteiger partial charge in [-0.15, -0.1) is 0 Å². The number of hydrogen-bond donors (Lipinski definition) is 1. The van der Waals surface area contributed by atoms with Crippen molar-refractivity contribution in [2.75, 3.05) is 53.1 Å².